The Bertz CT molecular complexity index is 452. The van der Waals surface area contributed by atoms with Gasteiger partial charge in [0.2, 0.25) is 11.7 Å². The summed E-state index contributed by atoms with van der Waals surface area (Å²) in [5.41, 5.74) is 5.68. The third-order valence-corrected chi connectivity index (χ3v) is 4.39. The molecule has 2 N–H and O–H groups in total. The number of hydrogen-bond acceptors (Lipinski definition) is 5. The lowest BCUT2D eigenvalue weighted by Crippen LogP contribution is -2.35. The van der Waals surface area contributed by atoms with E-state index in [1.807, 2.05) is 0 Å². The van der Waals surface area contributed by atoms with Gasteiger partial charge in [-0.25, -0.2) is 0 Å². The van der Waals surface area contributed by atoms with E-state index in [2.05, 4.69) is 37.8 Å². The summed E-state index contributed by atoms with van der Waals surface area (Å²) in [5, 5.41) is 4.16. The smallest absolute Gasteiger partial charge is 0.244 e. The van der Waals surface area contributed by atoms with Crippen molar-refractivity contribution >= 4 is 0 Å². The van der Waals surface area contributed by atoms with E-state index < -0.39 is 5.60 Å². The summed E-state index contributed by atoms with van der Waals surface area (Å²) < 4.78 is 11.2. The number of nitrogens with zero attached hydrogens (tertiary/aromatic N) is 2. The summed E-state index contributed by atoms with van der Waals surface area (Å²) >= 11 is 0. The van der Waals surface area contributed by atoms with Crippen LogP contribution in [0.4, 0.5) is 0 Å². The van der Waals surface area contributed by atoms with Gasteiger partial charge in [0, 0.05) is 7.11 Å². The van der Waals surface area contributed by atoms with Crippen LogP contribution in [0.5, 0.6) is 0 Å². The highest BCUT2D eigenvalue weighted by atomic mass is 16.5. The summed E-state index contributed by atoms with van der Waals surface area (Å²) in [4.78, 5) is 4.55. The Hall–Kier alpha value is -0.940. The molecular formula is C15H27N3O2. The van der Waals surface area contributed by atoms with Gasteiger partial charge in [-0.05, 0) is 30.6 Å². The largest absolute Gasteiger partial charge is 0.370 e. The Kier molecular flexibility index (Phi) is 4.21. The van der Waals surface area contributed by atoms with Gasteiger partial charge in [-0.2, -0.15) is 4.98 Å². The van der Waals surface area contributed by atoms with Crippen molar-refractivity contribution in [1.29, 1.82) is 0 Å². The van der Waals surface area contributed by atoms with E-state index in [1.54, 1.807) is 7.11 Å². The van der Waals surface area contributed by atoms with Gasteiger partial charge >= 0.3 is 0 Å². The molecule has 5 nitrogen and oxygen atoms in total. The number of methoxy groups -OCH3 is 1. The standard InChI is InChI=1S/C15H27N3O2/c1-10-7-6-8-15(9-10,19-5)13-17-12(20-18-13)11(16)14(2,3)4/h10-11H,6-9,16H2,1-5H3/t10?,11-,15?/m0/s1. The molecule has 3 atom stereocenters. The molecule has 1 aliphatic carbocycles. The normalized spacial score (nSPS) is 29.4. The van der Waals surface area contributed by atoms with Crippen molar-refractivity contribution in [2.45, 2.75) is 65.0 Å². The van der Waals surface area contributed by atoms with Crippen LogP contribution in [0.15, 0.2) is 4.52 Å². The van der Waals surface area contributed by atoms with Crippen LogP contribution in [0.2, 0.25) is 0 Å². The SMILES string of the molecule is COC1(c2noc([C@H](N)C(C)(C)C)n2)CCCC(C)C1. The average Bonchev–Trinajstić information content (AvgIpc) is 2.86. The summed E-state index contributed by atoms with van der Waals surface area (Å²) in [6.45, 7) is 8.44. The van der Waals surface area contributed by atoms with Crippen molar-refractivity contribution < 1.29 is 9.26 Å². The fraction of sp³-hybridized carbons (Fsp3) is 0.867. The van der Waals surface area contributed by atoms with Crippen LogP contribution in [0.3, 0.4) is 0 Å². The molecule has 2 rings (SSSR count). The Balaban J connectivity index is 2.26. The quantitative estimate of drug-likeness (QED) is 0.921. The predicted molar refractivity (Wildman–Crippen MR) is 77.0 cm³/mol. The summed E-state index contributed by atoms with van der Waals surface area (Å²) in [6.07, 6.45) is 4.24. The highest BCUT2D eigenvalue weighted by Gasteiger charge is 2.41. The Labute approximate surface area is 121 Å². The number of rotatable bonds is 3. The zero-order chi connectivity index (χ0) is 15.0. The second-order valence-corrected chi connectivity index (χ2v) is 7.20. The molecule has 1 heterocycles. The third kappa shape index (κ3) is 2.88. The minimum Gasteiger partial charge on any atom is -0.370 e. The number of aromatic nitrogens is 2. The molecule has 0 aromatic carbocycles. The maximum absolute atomic E-state index is 6.19. The molecule has 1 aromatic heterocycles. The van der Waals surface area contributed by atoms with Crippen molar-refractivity contribution in [2.24, 2.45) is 17.1 Å². The molecule has 2 unspecified atom stereocenters. The zero-order valence-corrected chi connectivity index (χ0v) is 13.3. The molecular weight excluding hydrogens is 254 g/mol. The molecule has 0 aliphatic heterocycles. The highest BCUT2D eigenvalue weighted by Crippen LogP contribution is 2.41. The van der Waals surface area contributed by atoms with Crippen molar-refractivity contribution in [2.75, 3.05) is 7.11 Å². The van der Waals surface area contributed by atoms with E-state index in [9.17, 15) is 0 Å². The van der Waals surface area contributed by atoms with Crippen molar-refractivity contribution in [3.8, 4) is 0 Å². The van der Waals surface area contributed by atoms with Crippen LogP contribution in [0, 0.1) is 11.3 Å². The van der Waals surface area contributed by atoms with Gasteiger partial charge in [0.1, 0.15) is 5.60 Å². The van der Waals surface area contributed by atoms with Crippen molar-refractivity contribution in [1.82, 2.24) is 10.1 Å². The van der Waals surface area contributed by atoms with Gasteiger partial charge in [0.05, 0.1) is 6.04 Å². The molecule has 1 saturated carbocycles. The van der Waals surface area contributed by atoms with Gasteiger partial charge in [0.15, 0.2) is 0 Å². The lowest BCUT2D eigenvalue weighted by Gasteiger charge is -2.36. The van der Waals surface area contributed by atoms with Crippen LogP contribution in [0.1, 0.15) is 71.1 Å². The van der Waals surface area contributed by atoms with Crippen LogP contribution in [-0.4, -0.2) is 17.3 Å². The van der Waals surface area contributed by atoms with Crippen LogP contribution in [-0.2, 0) is 10.3 Å². The first-order valence-electron chi connectivity index (χ1n) is 7.43. The molecule has 0 amide bonds. The Morgan fingerprint density at radius 1 is 1.45 bits per heavy atom. The molecule has 0 saturated heterocycles. The first-order valence-corrected chi connectivity index (χ1v) is 7.43. The molecule has 0 bridgehead atoms. The topological polar surface area (TPSA) is 74.2 Å². The molecule has 1 aromatic rings. The fourth-order valence-electron chi connectivity index (χ4n) is 2.90. The van der Waals surface area contributed by atoms with Crippen LogP contribution < -0.4 is 5.73 Å². The lowest BCUT2D eigenvalue weighted by molar-refractivity contribution is -0.0658. The second kappa shape index (κ2) is 5.45. The van der Waals surface area contributed by atoms with E-state index in [-0.39, 0.29) is 11.5 Å². The Morgan fingerprint density at radius 2 is 2.15 bits per heavy atom. The van der Waals surface area contributed by atoms with E-state index >= 15 is 0 Å². The van der Waals surface area contributed by atoms with Crippen LogP contribution in [0.25, 0.3) is 0 Å². The molecule has 114 valence electrons. The van der Waals surface area contributed by atoms with Crippen molar-refractivity contribution in [3.63, 3.8) is 0 Å². The van der Waals surface area contributed by atoms with Gasteiger partial charge < -0.3 is 15.0 Å². The van der Waals surface area contributed by atoms with Gasteiger partial charge in [-0.1, -0.05) is 39.3 Å². The molecule has 0 radical (unpaired) electrons. The number of hydrogen-bond donors (Lipinski definition) is 1. The van der Waals surface area contributed by atoms with Gasteiger partial charge in [0.25, 0.3) is 0 Å². The van der Waals surface area contributed by atoms with Crippen molar-refractivity contribution in [3.05, 3.63) is 11.7 Å². The van der Waals surface area contributed by atoms with E-state index in [1.165, 1.54) is 6.42 Å². The van der Waals surface area contributed by atoms with E-state index in [0.717, 1.165) is 19.3 Å². The minimum absolute atomic E-state index is 0.107. The molecule has 0 spiro atoms. The predicted octanol–water partition coefficient (Wildman–Crippen LogP) is 3.17. The highest BCUT2D eigenvalue weighted by molar-refractivity contribution is 5.06. The third-order valence-electron chi connectivity index (χ3n) is 4.39. The monoisotopic (exact) mass is 281 g/mol. The molecule has 1 aliphatic rings. The maximum Gasteiger partial charge on any atom is 0.244 e. The molecule has 5 heteroatoms. The lowest BCUT2D eigenvalue weighted by atomic mass is 9.78. The second-order valence-electron chi connectivity index (χ2n) is 7.20. The van der Waals surface area contributed by atoms with Gasteiger partial charge in [-0.15, -0.1) is 0 Å². The average molecular weight is 281 g/mol. The zero-order valence-electron chi connectivity index (χ0n) is 13.3. The van der Waals surface area contributed by atoms with Crippen LogP contribution >= 0.6 is 0 Å². The number of nitrogens with two attached hydrogens (primary N) is 1. The minimum atomic E-state index is -0.406. The summed E-state index contributed by atoms with van der Waals surface area (Å²) in [6, 6.07) is -0.265. The van der Waals surface area contributed by atoms with E-state index in [4.69, 9.17) is 15.0 Å². The summed E-state index contributed by atoms with van der Waals surface area (Å²) in [5.74, 6) is 1.77. The van der Waals surface area contributed by atoms with Gasteiger partial charge in [-0.3, -0.25) is 0 Å². The Morgan fingerprint density at radius 3 is 2.70 bits per heavy atom. The molecule has 20 heavy (non-hydrogen) atoms. The number of ether oxygens (including phenoxy) is 1. The molecule has 1 fully saturated rings. The summed E-state index contributed by atoms with van der Waals surface area (Å²) in [7, 11) is 1.73. The fourth-order valence-corrected chi connectivity index (χ4v) is 2.90. The maximum atomic E-state index is 6.19. The first-order chi connectivity index (χ1) is 9.28. The van der Waals surface area contributed by atoms with E-state index in [0.29, 0.717) is 17.6 Å². The first kappa shape index (κ1) is 15.4.